The lowest BCUT2D eigenvalue weighted by atomic mass is 10.3. The topological polar surface area (TPSA) is 48.5 Å². The van der Waals surface area contributed by atoms with Crippen LogP contribution in [0.25, 0.3) is 11.2 Å². The number of hydrogen-bond donors (Lipinski definition) is 0. The van der Waals surface area contributed by atoms with Gasteiger partial charge in [0, 0.05) is 44.0 Å². The van der Waals surface area contributed by atoms with Gasteiger partial charge in [-0.05, 0) is 24.6 Å². The van der Waals surface area contributed by atoms with E-state index in [0.29, 0.717) is 5.88 Å². The third-order valence-electron chi connectivity index (χ3n) is 3.23. The number of halogens is 1. The maximum absolute atomic E-state index is 5.86. The SMILES string of the molecule is ClCCc1nc2cccnc2n1CCCn1cccn1. The monoisotopic (exact) mass is 289 g/mol. The van der Waals surface area contributed by atoms with Gasteiger partial charge in [-0.25, -0.2) is 9.97 Å². The zero-order valence-corrected chi connectivity index (χ0v) is 11.9. The molecule has 0 aliphatic heterocycles. The van der Waals surface area contributed by atoms with Gasteiger partial charge in [-0.3, -0.25) is 4.68 Å². The van der Waals surface area contributed by atoms with Crippen LogP contribution in [0.1, 0.15) is 12.2 Å². The van der Waals surface area contributed by atoms with Gasteiger partial charge in [0.15, 0.2) is 5.65 Å². The van der Waals surface area contributed by atoms with Crippen molar-refractivity contribution in [2.24, 2.45) is 0 Å². The van der Waals surface area contributed by atoms with Crippen molar-refractivity contribution < 1.29 is 0 Å². The zero-order chi connectivity index (χ0) is 13.8. The molecule has 0 radical (unpaired) electrons. The highest BCUT2D eigenvalue weighted by Gasteiger charge is 2.10. The molecule has 0 saturated carbocycles. The highest BCUT2D eigenvalue weighted by molar-refractivity contribution is 6.17. The number of alkyl halides is 1. The van der Waals surface area contributed by atoms with Gasteiger partial charge in [-0.2, -0.15) is 5.10 Å². The van der Waals surface area contributed by atoms with E-state index in [9.17, 15) is 0 Å². The molecule has 3 heterocycles. The Hall–Kier alpha value is -1.88. The first-order chi connectivity index (χ1) is 9.88. The lowest BCUT2D eigenvalue weighted by Gasteiger charge is -2.08. The Morgan fingerprint density at radius 1 is 1.15 bits per heavy atom. The van der Waals surface area contributed by atoms with E-state index < -0.39 is 0 Å². The number of nitrogens with zero attached hydrogens (tertiary/aromatic N) is 5. The fourth-order valence-corrected chi connectivity index (χ4v) is 2.51. The van der Waals surface area contributed by atoms with Crippen LogP contribution < -0.4 is 0 Å². The minimum Gasteiger partial charge on any atom is -0.313 e. The quantitative estimate of drug-likeness (QED) is 0.655. The molecule has 0 saturated heterocycles. The summed E-state index contributed by atoms with van der Waals surface area (Å²) in [4.78, 5) is 9.05. The predicted octanol–water partition coefficient (Wildman–Crippen LogP) is 2.50. The van der Waals surface area contributed by atoms with Crippen molar-refractivity contribution in [3.8, 4) is 0 Å². The van der Waals surface area contributed by atoms with Crippen LogP contribution in [0.2, 0.25) is 0 Å². The van der Waals surface area contributed by atoms with Crippen molar-refractivity contribution >= 4 is 22.8 Å². The molecule has 20 heavy (non-hydrogen) atoms. The molecule has 0 amide bonds. The molecule has 0 atom stereocenters. The Kier molecular flexibility index (Phi) is 3.97. The van der Waals surface area contributed by atoms with Crippen LogP contribution in [-0.4, -0.2) is 30.2 Å². The molecule has 0 spiro atoms. The molecular weight excluding hydrogens is 274 g/mol. The Labute approximate surface area is 122 Å². The summed E-state index contributed by atoms with van der Waals surface area (Å²) in [5.41, 5.74) is 1.87. The first-order valence-electron chi connectivity index (χ1n) is 6.72. The van der Waals surface area contributed by atoms with Crippen LogP contribution in [-0.2, 0) is 19.5 Å². The summed E-state index contributed by atoms with van der Waals surface area (Å²) in [5.74, 6) is 1.58. The first kappa shape index (κ1) is 13.1. The van der Waals surface area contributed by atoms with Crippen LogP contribution >= 0.6 is 11.6 Å². The second kappa shape index (κ2) is 6.05. The molecule has 0 unspecified atom stereocenters. The van der Waals surface area contributed by atoms with Gasteiger partial charge >= 0.3 is 0 Å². The fourth-order valence-electron chi connectivity index (χ4n) is 2.34. The number of aryl methyl sites for hydroxylation is 3. The van der Waals surface area contributed by atoms with Gasteiger partial charge in [0.05, 0.1) is 0 Å². The van der Waals surface area contributed by atoms with E-state index in [1.807, 2.05) is 29.1 Å². The molecule has 3 aromatic heterocycles. The predicted molar refractivity (Wildman–Crippen MR) is 78.8 cm³/mol. The number of imidazole rings is 1. The van der Waals surface area contributed by atoms with Gasteiger partial charge in [-0.15, -0.1) is 11.6 Å². The van der Waals surface area contributed by atoms with Crippen molar-refractivity contribution in [2.75, 3.05) is 5.88 Å². The molecule has 0 N–H and O–H groups in total. The van der Waals surface area contributed by atoms with Crippen LogP contribution in [0.15, 0.2) is 36.8 Å². The maximum atomic E-state index is 5.86. The van der Waals surface area contributed by atoms with Gasteiger partial charge in [0.2, 0.25) is 0 Å². The smallest absolute Gasteiger partial charge is 0.159 e. The van der Waals surface area contributed by atoms with Crippen LogP contribution in [0, 0.1) is 0 Å². The Bertz CT molecular complexity index is 674. The van der Waals surface area contributed by atoms with E-state index in [1.54, 1.807) is 12.4 Å². The Balaban J connectivity index is 1.79. The van der Waals surface area contributed by atoms with Gasteiger partial charge in [-0.1, -0.05) is 0 Å². The van der Waals surface area contributed by atoms with Crippen molar-refractivity contribution in [1.29, 1.82) is 0 Å². The van der Waals surface area contributed by atoms with Crippen LogP contribution in [0.4, 0.5) is 0 Å². The van der Waals surface area contributed by atoms with E-state index in [-0.39, 0.29) is 0 Å². The summed E-state index contributed by atoms with van der Waals surface area (Å²) < 4.78 is 4.11. The van der Waals surface area contributed by atoms with Crippen molar-refractivity contribution in [3.63, 3.8) is 0 Å². The molecule has 5 nitrogen and oxygen atoms in total. The van der Waals surface area contributed by atoms with Gasteiger partial charge < -0.3 is 4.57 Å². The number of pyridine rings is 1. The second-order valence-electron chi connectivity index (χ2n) is 4.59. The summed E-state index contributed by atoms with van der Waals surface area (Å²) >= 11 is 5.86. The number of fused-ring (bicyclic) bond motifs is 1. The summed E-state index contributed by atoms with van der Waals surface area (Å²) in [6.07, 6.45) is 7.33. The summed E-state index contributed by atoms with van der Waals surface area (Å²) in [5, 5.41) is 4.21. The lowest BCUT2D eigenvalue weighted by Crippen LogP contribution is -2.08. The van der Waals surface area contributed by atoms with Crippen molar-refractivity contribution in [2.45, 2.75) is 25.9 Å². The molecule has 0 bridgehead atoms. The third-order valence-corrected chi connectivity index (χ3v) is 3.42. The van der Waals surface area contributed by atoms with Gasteiger partial charge in [0.1, 0.15) is 11.3 Å². The maximum Gasteiger partial charge on any atom is 0.159 e. The van der Waals surface area contributed by atoms with Crippen LogP contribution in [0.5, 0.6) is 0 Å². The molecule has 3 aromatic rings. The van der Waals surface area contributed by atoms with Crippen molar-refractivity contribution in [1.82, 2.24) is 24.3 Å². The summed E-state index contributed by atoms with van der Waals surface area (Å²) in [6, 6.07) is 5.84. The zero-order valence-electron chi connectivity index (χ0n) is 11.1. The second-order valence-corrected chi connectivity index (χ2v) is 4.97. The van der Waals surface area contributed by atoms with E-state index in [0.717, 1.165) is 42.9 Å². The van der Waals surface area contributed by atoms with E-state index in [2.05, 4.69) is 19.6 Å². The van der Waals surface area contributed by atoms with E-state index in [1.165, 1.54) is 0 Å². The molecular formula is C14H16ClN5. The summed E-state index contributed by atoms with van der Waals surface area (Å²) in [7, 11) is 0. The average Bonchev–Trinajstić information content (AvgIpc) is 3.08. The normalized spacial score (nSPS) is 11.2. The van der Waals surface area contributed by atoms with E-state index >= 15 is 0 Å². The minimum absolute atomic E-state index is 0.572. The highest BCUT2D eigenvalue weighted by atomic mass is 35.5. The molecule has 0 fully saturated rings. The van der Waals surface area contributed by atoms with Crippen LogP contribution in [0.3, 0.4) is 0 Å². The first-order valence-corrected chi connectivity index (χ1v) is 7.25. The molecule has 3 rings (SSSR count). The number of hydrogen-bond acceptors (Lipinski definition) is 3. The number of rotatable bonds is 6. The largest absolute Gasteiger partial charge is 0.313 e. The lowest BCUT2D eigenvalue weighted by molar-refractivity contribution is 0.523. The number of aromatic nitrogens is 5. The third kappa shape index (κ3) is 2.67. The highest BCUT2D eigenvalue weighted by Crippen LogP contribution is 2.15. The Morgan fingerprint density at radius 3 is 2.90 bits per heavy atom. The summed E-state index contributed by atoms with van der Waals surface area (Å²) in [6.45, 7) is 1.76. The molecule has 6 heteroatoms. The molecule has 0 aromatic carbocycles. The van der Waals surface area contributed by atoms with Crippen molar-refractivity contribution in [3.05, 3.63) is 42.6 Å². The van der Waals surface area contributed by atoms with Gasteiger partial charge in [0.25, 0.3) is 0 Å². The average molecular weight is 290 g/mol. The fraction of sp³-hybridized carbons (Fsp3) is 0.357. The standard InChI is InChI=1S/C14H16ClN5/c15-6-5-13-18-12-4-1-7-16-14(12)20(13)11-3-10-19-9-2-8-17-19/h1-2,4,7-9H,3,5-6,10-11H2. The Morgan fingerprint density at radius 2 is 2.10 bits per heavy atom. The molecule has 0 aliphatic rings. The molecule has 0 aliphatic carbocycles. The molecule has 104 valence electrons. The van der Waals surface area contributed by atoms with E-state index in [4.69, 9.17) is 11.6 Å². The minimum atomic E-state index is 0.572.